The van der Waals surface area contributed by atoms with Crippen molar-refractivity contribution in [1.82, 2.24) is 15.2 Å². The van der Waals surface area contributed by atoms with Crippen LogP contribution < -0.4 is 16.1 Å². The van der Waals surface area contributed by atoms with E-state index in [1.807, 2.05) is 35.8 Å². The highest BCUT2D eigenvalue weighted by Crippen LogP contribution is 2.28. The van der Waals surface area contributed by atoms with Crippen molar-refractivity contribution in [2.24, 2.45) is 0 Å². The van der Waals surface area contributed by atoms with E-state index in [0.29, 0.717) is 6.54 Å². The quantitative estimate of drug-likeness (QED) is 0.769. The predicted octanol–water partition coefficient (Wildman–Crippen LogP) is 3.48. The summed E-state index contributed by atoms with van der Waals surface area (Å²) >= 11 is 0. The van der Waals surface area contributed by atoms with E-state index >= 15 is 0 Å². The molecule has 2 N–H and O–H groups in total. The Morgan fingerprint density at radius 1 is 1.00 bits per heavy atom. The molecule has 2 aliphatic carbocycles. The molecule has 2 aliphatic rings. The van der Waals surface area contributed by atoms with Crippen molar-refractivity contribution in [3.05, 3.63) is 69.1 Å². The Bertz CT molecular complexity index is 1000. The van der Waals surface area contributed by atoms with Gasteiger partial charge in [-0.3, -0.25) is 14.4 Å². The number of carbonyl (C=O) groups is 2. The minimum absolute atomic E-state index is 0.0386. The molecule has 158 valence electrons. The zero-order chi connectivity index (χ0) is 21.1. The Morgan fingerprint density at radius 3 is 2.37 bits per heavy atom. The standard InChI is InChI=1S/C24H29N3O3/c1-16-6-5-7-17(12-16)13-25-23(29)20-14-27(19-8-3-2-4-9-19)15-21(22(20)28)24(30)26-18-10-11-18/h5-7,12,14-15,18-19H,2-4,8-11,13H2,1H3,(H,25,29)(H,26,30). The summed E-state index contributed by atoms with van der Waals surface area (Å²) in [6.45, 7) is 2.33. The number of amides is 2. The van der Waals surface area contributed by atoms with Gasteiger partial charge in [0.05, 0.1) is 0 Å². The lowest BCUT2D eigenvalue weighted by atomic mass is 9.95. The van der Waals surface area contributed by atoms with Crippen molar-refractivity contribution in [3.8, 4) is 0 Å². The molecule has 0 aliphatic heterocycles. The van der Waals surface area contributed by atoms with Crippen molar-refractivity contribution >= 4 is 11.8 Å². The first kappa shape index (κ1) is 20.4. The molecule has 6 heteroatoms. The molecule has 0 spiro atoms. The van der Waals surface area contributed by atoms with Gasteiger partial charge in [0.2, 0.25) is 5.43 Å². The van der Waals surface area contributed by atoms with E-state index in [0.717, 1.165) is 49.7 Å². The summed E-state index contributed by atoms with van der Waals surface area (Å²) in [6, 6.07) is 8.24. The van der Waals surface area contributed by atoms with Gasteiger partial charge in [-0.25, -0.2) is 0 Å². The fourth-order valence-electron chi connectivity index (χ4n) is 4.10. The molecule has 4 rings (SSSR count). The summed E-state index contributed by atoms with van der Waals surface area (Å²) in [7, 11) is 0. The van der Waals surface area contributed by atoms with Gasteiger partial charge in [0.25, 0.3) is 11.8 Å². The van der Waals surface area contributed by atoms with E-state index in [1.54, 1.807) is 12.4 Å². The summed E-state index contributed by atoms with van der Waals surface area (Å²) in [6.07, 6.45) is 10.6. The smallest absolute Gasteiger partial charge is 0.257 e. The minimum atomic E-state index is -0.498. The van der Waals surface area contributed by atoms with Gasteiger partial charge in [-0.1, -0.05) is 49.1 Å². The number of pyridine rings is 1. The largest absolute Gasteiger partial charge is 0.349 e. The van der Waals surface area contributed by atoms with E-state index in [4.69, 9.17) is 0 Å². The lowest BCUT2D eigenvalue weighted by molar-refractivity contribution is 0.0947. The fraction of sp³-hybridized carbons (Fsp3) is 0.458. The average Bonchev–Trinajstić information content (AvgIpc) is 3.57. The van der Waals surface area contributed by atoms with E-state index in [-0.39, 0.29) is 29.1 Å². The fourth-order valence-corrected chi connectivity index (χ4v) is 4.10. The van der Waals surface area contributed by atoms with Crippen LogP contribution in [0.1, 0.15) is 82.8 Å². The lowest BCUT2D eigenvalue weighted by Gasteiger charge is -2.25. The van der Waals surface area contributed by atoms with Crippen LogP contribution in [0, 0.1) is 6.92 Å². The van der Waals surface area contributed by atoms with Gasteiger partial charge >= 0.3 is 0 Å². The van der Waals surface area contributed by atoms with Gasteiger partial charge in [0, 0.05) is 31.0 Å². The molecule has 1 aromatic heterocycles. The molecule has 6 nitrogen and oxygen atoms in total. The maximum atomic E-state index is 13.0. The van der Waals surface area contributed by atoms with Gasteiger partial charge in [0.1, 0.15) is 11.1 Å². The van der Waals surface area contributed by atoms with Crippen molar-refractivity contribution in [2.75, 3.05) is 0 Å². The Labute approximate surface area is 176 Å². The molecule has 0 radical (unpaired) electrons. The first-order valence-electron chi connectivity index (χ1n) is 10.9. The van der Waals surface area contributed by atoms with Crippen LogP contribution in [0.2, 0.25) is 0 Å². The van der Waals surface area contributed by atoms with Crippen LogP contribution in [0.5, 0.6) is 0 Å². The summed E-state index contributed by atoms with van der Waals surface area (Å²) in [5, 5.41) is 5.74. The van der Waals surface area contributed by atoms with Crippen LogP contribution in [-0.2, 0) is 6.54 Å². The second-order valence-corrected chi connectivity index (χ2v) is 8.57. The van der Waals surface area contributed by atoms with Crippen LogP contribution in [0.25, 0.3) is 0 Å². The number of hydrogen-bond acceptors (Lipinski definition) is 3. The monoisotopic (exact) mass is 407 g/mol. The van der Waals surface area contributed by atoms with Crippen LogP contribution >= 0.6 is 0 Å². The third kappa shape index (κ3) is 4.81. The number of carbonyl (C=O) groups excluding carboxylic acids is 2. The molecule has 2 amide bonds. The molecule has 0 unspecified atom stereocenters. The number of nitrogens with zero attached hydrogens (tertiary/aromatic N) is 1. The zero-order valence-corrected chi connectivity index (χ0v) is 17.4. The molecule has 1 aromatic carbocycles. The zero-order valence-electron chi connectivity index (χ0n) is 17.4. The molecule has 0 bridgehead atoms. The van der Waals surface area contributed by atoms with E-state index < -0.39 is 11.3 Å². The van der Waals surface area contributed by atoms with Gasteiger partial charge < -0.3 is 15.2 Å². The highest BCUT2D eigenvalue weighted by molar-refractivity contribution is 5.99. The van der Waals surface area contributed by atoms with E-state index in [2.05, 4.69) is 10.6 Å². The maximum Gasteiger partial charge on any atom is 0.257 e. The molecular weight excluding hydrogens is 378 g/mol. The van der Waals surface area contributed by atoms with Gasteiger partial charge in [-0.15, -0.1) is 0 Å². The summed E-state index contributed by atoms with van der Waals surface area (Å²) in [5.74, 6) is -0.812. The molecule has 1 heterocycles. The Morgan fingerprint density at radius 2 is 1.70 bits per heavy atom. The van der Waals surface area contributed by atoms with Crippen molar-refractivity contribution < 1.29 is 9.59 Å². The molecule has 30 heavy (non-hydrogen) atoms. The molecule has 2 saturated carbocycles. The highest BCUT2D eigenvalue weighted by Gasteiger charge is 2.27. The maximum absolute atomic E-state index is 13.0. The van der Waals surface area contributed by atoms with Gasteiger partial charge in [-0.05, 0) is 38.2 Å². The second-order valence-electron chi connectivity index (χ2n) is 8.57. The minimum Gasteiger partial charge on any atom is -0.349 e. The lowest BCUT2D eigenvalue weighted by Crippen LogP contribution is -2.36. The Hall–Kier alpha value is -2.89. The summed E-state index contributed by atoms with van der Waals surface area (Å²) in [4.78, 5) is 38.6. The van der Waals surface area contributed by atoms with Gasteiger partial charge in [0.15, 0.2) is 0 Å². The number of benzene rings is 1. The third-order valence-electron chi connectivity index (χ3n) is 5.98. The highest BCUT2D eigenvalue weighted by atomic mass is 16.2. The van der Waals surface area contributed by atoms with Crippen LogP contribution in [0.3, 0.4) is 0 Å². The molecular formula is C24H29N3O3. The Kier molecular flexibility index (Phi) is 6.02. The summed E-state index contributed by atoms with van der Waals surface area (Å²) < 4.78 is 1.92. The number of aryl methyl sites for hydroxylation is 1. The predicted molar refractivity (Wildman–Crippen MR) is 116 cm³/mol. The molecule has 0 atom stereocenters. The number of hydrogen-bond donors (Lipinski definition) is 2. The molecule has 0 saturated heterocycles. The van der Waals surface area contributed by atoms with Crippen molar-refractivity contribution in [3.63, 3.8) is 0 Å². The Balaban J connectivity index is 1.61. The normalized spacial score (nSPS) is 16.8. The molecule has 2 fully saturated rings. The second kappa shape index (κ2) is 8.86. The molecule has 2 aromatic rings. The summed E-state index contributed by atoms with van der Waals surface area (Å²) in [5.41, 5.74) is 1.69. The number of rotatable bonds is 6. The van der Waals surface area contributed by atoms with Crippen molar-refractivity contribution in [1.29, 1.82) is 0 Å². The first-order chi connectivity index (χ1) is 14.5. The van der Waals surface area contributed by atoms with Crippen LogP contribution in [0.15, 0.2) is 41.5 Å². The van der Waals surface area contributed by atoms with Gasteiger partial charge in [-0.2, -0.15) is 0 Å². The van der Waals surface area contributed by atoms with Crippen molar-refractivity contribution in [2.45, 2.75) is 70.5 Å². The van der Waals surface area contributed by atoms with E-state index in [9.17, 15) is 14.4 Å². The topological polar surface area (TPSA) is 80.2 Å². The number of aromatic nitrogens is 1. The van der Waals surface area contributed by atoms with E-state index in [1.165, 1.54) is 6.42 Å². The average molecular weight is 408 g/mol. The SMILES string of the molecule is Cc1cccc(CNC(=O)c2cn(C3CCCCC3)cc(C(=O)NC3CC3)c2=O)c1. The van der Waals surface area contributed by atoms with Crippen LogP contribution in [-0.4, -0.2) is 22.4 Å². The third-order valence-corrected chi connectivity index (χ3v) is 5.98. The number of nitrogens with one attached hydrogen (secondary N) is 2. The van der Waals surface area contributed by atoms with Crippen LogP contribution in [0.4, 0.5) is 0 Å². The first-order valence-corrected chi connectivity index (χ1v) is 10.9.